The molecule has 1 unspecified atom stereocenters. The Balaban J connectivity index is 1.89. The minimum Gasteiger partial charge on any atom is -0.377 e. The van der Waals surface area contributed by atoms with Crippen LogP contribution in [0.15, 0.2) is 18.2 Å². The minimum absolute atomic E-state index is 0.118. The van der Waals surface area contributed by atoms with E-state index < -0.39 is 0 Å². The first-order valence-corrected chi connectivity index (χ1v) is 7.96. The lowest BCUT2D eigenvalue weighted by Gasteiger charge is -2.20. The standard InChI is InChI=1S/C17H28N4O/c1-12(2)21-9-8-15(11-21)19-17(22)18-14-6-7-16(20(4)5)13(3)10-14/h6-7,10,12,15H,8-9,11H2,1-5H3,(H2,18,19,22). The summed E-state index contributed by atoms with van der Waals surface area (Å²) in [6.07, 6.45) is 1.02. The third kappa shape index (κ3) is 4.13. The topological polar surface area (TPSA) is 47.6 Å². The fourth-order valence-electron chi connectivity index (χ4n) is 2.96. The number of carbonyl (C=O) groups excluding carboxylic acids is 1. The quantitative estimate of drug-likeness (QED) is 0.899. The van der Waals surface area contributed by atoms with Gasteiger partial charge in [0.2, 0.25) is 0 Å². The maximum absolute atomic E-state index is 12.1. The third-order valence-corrected chi connectivity index (χ3v) is 4.22. The number of benzene rings is 1. The summed E-state index contributed by atoms with van der Waals surface area (Å²) in [5.74, 6) is 0. The van der Waals surface area contributed by atoms with Gasteiger partial charge in [-0.3, -0.25) is 4.90 Å². The molecule has 5 nitrogen and oxygen atoms in total. The van der Waals surface area contributed by atoms with Gasteiger partial charge in [-0.25, -0.2) is 4.79 Å². The van der Waals surface area contributed by atoms with Crippen LogP contribution >= 0.6 is 0 Å². The van der Waals surface area contributed by atoms with Crippen molar-refractivity contribution < 1.29 is 4.79 Å². The Kier molecular flexibility index (Phi) is 5.29. The van der Waals surface area contributed by atoms with E-state index in [2.05, 4.69) is 41.2 Å². The van der Waals surface area contributed by atoms with Gasteiger partial charge >= 0.3 is 6.03 Å². The Labute approximate surface area is 133 Å². The van der Waals surface area contributed by atoms with Crippen molar-refractivity contribution in [3.63, 3.8) is 0 Å². The molecule has 1 aromatic rings. The van der Waals surface area contributed by atoms with E-state index in [-0.39, 0.29) is 12.1 Å². The summed E-state index contributed by atoms with van der Waals surface area (Å²) in [4.78, 5) is 16.6. The van der Waals surface area contributed by atoms with Crippen LogP contribution in [0.2, 0.25) is 0 Å². The molecule has 1 aliphatic heterocycles. The lowest BCUT2D eigenvalue weighted by molar-refractivity contribution is 0.244. The Morgan fingerprint density at radius 1 is 1.36 bits per heavy atom. The number of hydrogen-bond donors (Lipinski definition) is 2. The number of urea groups is 1. The molecule has 22 heavy (non-hydrogen) atoms. The number of hydrogen-bond acceptors (Lipinski definition) is 3. The molecule has 1 aliphatic rings. The highest BCUT2D eigenvalue weighted by Crippen LogP contribution is 2.21. The van der Waals surface area contributed by atoms with Crippen LogP contribution in [0.25, 0.3) is 0 Å². The van der Waals surface area contributed by atoms with Crippen LogP contribution in [0.5, 0.6) is 0 Å². The van der Waals surface area contributed by atoms with Gasteiger partial charge in [-0.1, -0.05) is 0 Å². The van der Waals surface area contributed by atoms with Crippen molar-refractivity contribution >= 4 is 17.4 Å². The number of rotatable bonds is 4. The zero-order chi connectivity index (χ0) is 16.3. The van der Waals surface area contributed by atoms with Crippen molar-refractivity contribution in [1.29, 1.82) is 0 Å². The summed E-state index contributed by atoms with van der Waals surface area (Å²) in [6.45, 7) is 8.42. The van der Waals surface area contributed by atoms with Crippen LogP contribution < -0.4 is 15.5 Å². The molecule has 122 valence electrons. The highest BCUT2D eigenvalue weighted by atomic mass is 16.2. The maximum Gasteiger partial charge on any atom is 0.319 e. The first kappa shape index (κ1) is 16.6. The highest BCUT2D eigenvalue weighted by Gasteiger charge is 2.25. The predicted octanol–water partition coefficient (Wildman–Crippen LogP) is 2.67. The van der Waals surface area contributed by atoms with Gasteiger partial charge in [0, 0.05) is 50.6 Å². The molecular formula is C17H28N4O. The molecule has 0 bridgehead atoms. The van der Waals surface area contributed by atoms with Gasteiger partial charge in [0.25, 0.3) is 0 Å². The number of anilines is 2. The lowest BCUT2D eigenvalue weighted by atomic mass is 10.1. The Morgan fingerprint density at radius 3 is 2.64 bits per heavy atom. The third-order valence-electron chi connectivity index (χ3n) is 4.22. The number of carbonyl (C=O) groups is 1. The average molecular weight is 304 g/mol. The van der Waals surface area contributed by atoms with Crippen molar-refractivity contribution in [2.45, 2.75) is 39.3 Å². The number of nitrogens with zero attached hydrogens (tertiary/aromatic N) is 2. The molecule has 1 heterocycles. The number of nitrogens with one attached hydrogen (secondary N) is 2. The molecule has 5 heteroatoms. The van der Waals surface area contributed by atoms with E-state index in [0.29, 0.717) is 6.04 Å². The predicted molar refractivity (Wildman–Crippen MR) is 92.8 cm³/mol. The molecule has 2 rings (SSSR count). The van der Waals surface area contributed by atoms with Crippen LogP contribution in [0.4, 0.5) is 16.2 Å². The number of aryl methyl sites for hydroxylation is 1. The molecule has 2 N–H and O–H groups in total. The van der Waals surface area contributed by atoms with Crippen LogP contribution in [0.3, 0.4) is 0 Å². The van der Waals surface area contributed by atoms with Gasteiger partial charge in [0.15, 0.2) is 0 Å². The Morgan fingerprint density at radius 2 is 2.09 bits per heavy atom. The van der Waals surface area contributed by atoms with E-state index in [1.807, 2.05) is 32.3 Å². The Hall–Kier alpha value is -1.75. The summed E-state index contributed by atoms with van der Waals surface area (Å²) in [5.41, 5.74) is 3.14. The molecule has 2 amide bonds. The fraction of sp³-hybridized carbons (Fsp3) is 0.588. The second-order valence-corrected chi connectivity index (χ2v) is 6.57. The van der Waals surface area contributed by atoms with E-state index in [1.54, 1.807) is 0 Å². The first-order chi connectivity index (χ1) is 10.4. The molecule has 1 fully saturated rings. The van der Waals surface area contributed by atoms with E-state index >= 15 is 0 Å². The lowest BCUT2D eigenvalue weighted by Crippen LogP contribution is -2.40. The normalized spacial score (nSPS) is 18.5. The second kappa shape index (κ2) is 7.01. The molecule has 0 aliphatic carbocycles. The van der Waals surface area contributed by atoms with E-state index in [4.69, 9.17) is 0 Å². The van der Waals surface area contributed by atoms with Gasteiger partial charge in [-0.15, -0.1) is 0 Å². The summed E-state index contributed by atoms with van der Waals surface area (Å²) >= 11 is 0. The smallest absolute Gasteiger partial charge is 0.319 e. The SMILES string of the molecule is Cc1cc(NC(=O)NC2CCN(C(C)C)C2)ccc1N(C)C. The number of likely N-dealkylation sites (tertiary alicyclic amines) is 1. The van der Waals surface area contributed by atoms with Crippen molar-refractivity contribution in [1.82, 2.24) is 10.2 Å². The van der Waals surface area contributed by atoms with Crippen molar-refractivity contribution in [2.24, 2.45) is 0 Å². The minimum atomic E-state index is -0.118. The average Bonchev–Trinajstić information content (AvgIpc) is 2.86. The zero-order valence-corrected chi connectivity index (χ0v) is 14.3. The Bertz CT molecular complexity index is 527. The summed E-state index contributed by atoms with van der Waals surface area (Å²) in [6, 6.07) is 6.63. The van der Waals surface area contributed by atoms with E-state index in [0.717, 1.165) is 36.4 Å². The molecule has 0 aromatic heterocycles. The molecular weight excluding hydrogens is 276 g/mol. The van der Waals surface area contributed by atoms with Gasteiger partial charge in [0.1, 0.15) is 0 Å². The summed E-state index contributed by atoms with van der Waals surface area (Å²) < 4.78 is 0. The van der Waals surface area contributed by atoms with Gasteiger partial charge in [-0.2, -0.15) is 0 Å². The fourth-order valence-corrected chi connectivity index (χ4v) is 2.96. The monoisotopic (exact) mass is 304 g/mol. The zero-order valence-electron chi connectivity index (χ0n) is 14.3. The van der Waals surface area contributed by atoms with Crippen LogP contribution in [-0.2, 0) is 0 Å². The molecule has 0 spiro atoms. The van der Waals surface area contributed by atoms with Crippen molar-refractivity contribution in [3.05, 3.63) is 23.8 Å². The van der Waals surface area contributed by atoms with Gasteiger partial charge in [0.05, 0.1) is 0 Å². The van der Waals surface area contributed by atoms with Crippen molar-refractivity contribution in [3.8, 4) is 0 Å². The second-order valence-electron chi connectivity index (χ2n) is 6.57. The van der Waals surface area contributed by atoms with Crippen LogP contribution in [0.1, 0.15) is 25.8 Å². The summed E-state index contributed by atoms with van der Waals surface area (Å²) in [7, 11) is 4.03. The van der Waals surface area contributed by atoms with E-state index in [9.17, 15) is 4.79 Å². The van der Waals surface area contributed by atoms with Gasteiger partial charge in [-0.05, 0) is 51.0 Å². The van der Waals surface area contributed by atoms with Crippen molar-refractivity contribution in [2.75, 3.05) is 37.4 Å². The largest absolute Gasteiger partial charge is 0.377 e. The first-order valence-electron chi connectivity index (χ1n) is 7.96. The van der Waals surface area contributed by atoms with E-state index in [1.165, 1.54) is 0 Å². The number of amides is 2. The van der Waals surface area contributed by atoms with Crippen LogP contribution in [-0.4, -0.2) is 50.2 Å². The molecule has 0 radical (unpaired) electrons. The molecule has 1 atom stereocenters. The molecule has 0 saturated carbocycles. The van der Waals surface area contributed by atoms with Gasteiger partial charge < -0.3 is 15.5 Å². The summed E-state index contributed by atoms with van der Waals surface area (Å²) in [5, 5.41) is 6.00. The van der Waals surface area contributed by atoms with Crippen LogP contribution in [0, 0.1) is 6.92 Å². The molecule has 1 aromatic carbocycles. The highest BCUT2D eigenvalue weighted by molar-refractivity contribution is 5.90. The molecule has 1 saturated heterocycles. The maximum atomic E-state index is 12.1.